The van der Waals surface area contributed by atoms with Crippen LogP contribution in [0.2, 0.25) is 0 Å². The summed E-state index contributed by atoms with van der Waals surface area (Å²) >= 11 is 0. The van der Waals surface area contributed by atoms with E-state index >= 15 is 0 Å². The summed E-state index contributed by atoms with van der Waals surface area (Å²) in [6.45, 7) is 2.02. The van der Waals surface area contributed by atoms with Gasteiger partial charge in [-0.05, 0) is 17.9 Å². The maximum absolute atomic E-state index is 9.95. The number of hydrogen-bond donors (Lipinski definition) is 1. The van der Waals surface area contributed by atoms with Gasteiger partial charge in [0.25, 0.3) is 0 Å². The second kappa shape index (κ2) is 5.47. The molecule has 2 atom stereocenters. The van der Waals surface area contributed by atoms with Gasteiger partial charge in [0.05, 0.1) is 6.10 Å². The van der Waals surface area contributed by atoms with Crippen LogP contribution in [0.1, 0.15) is 31.4 Å². The van der Waals surface area contributed by atoms with Crippen molar-refractivity contribution in [2.75, 3.05) is 0 Å². The largest absolute Gasteiger partial charge is 0.388 e. The van der Waals surface area contributed by atoms with Gasteiger partial charge in [-0.1, -0.05) is 37.3 Å². The van der Waals surface area contributed by atoms with Crippen molar-refractivity contribution < 1.29 is 5.11 Å². The monoisotopic (exact) mass is 188 g/mol. The molecule has 0 heterocycles. The molecule has 1 aromatic carbocycles. The van der Waals surface area contributed by atoms with Gasteiger partial charge in [0.1, 0.15) is 0 Å². The normalized spacial score (nSPS) is 14.4. The molecule has 0 amide bonds. The highest BCUT2D eigenvalue weighted by molar-refractivity contribution is 5.17. The Bertz CT molecular complexity index is 297. The van der Waals surface area contributed by atoms with Crippen molar-refractivity contribution in [3.63, 3.8) is 0 Å². The van der Waals surface area contributed by atoms with Crippen LogP contribution in [0.15, 0.2) is 30.3 Å². The molecule has 1 aromatic rings. The molecule has 0 bridgehead atoms. The second-order valence-corrected chi connectivity index (χ2v) is 3.58. The van der Waals surface area contributed by atoms with Crippen LogP contribution < -0.4 is 0 Å². The van der Waals surface area contributed by atoms with Crippen molar-refractivity contribution in [1.29, 1.82) is 0 Å². The SMILES string of the molecule is C#CCCC(C)C(O)c1ccccc1. The molecule has 1 heteroatoms. The van der Waals surface area contributed by atoms with E-state index in [9.17, 15) is 5.11 Å². The molecule has 0 radical (unpaired) electrons. The van der Waals surface area contributed by atoms with E-state index in [-0.39, 0.29) is 5.92 Å². The number of hydrogen-bond acceptors (Lipinski definition) is 1. The highest BCUT2D eigenvalue weighted by atomic mass is 16.3. The molecule has 0 aliphatic rings. The third-order valence-corrected chi connectivity index (χ3v) is 2.42. The van der Waals surface area contributed by atoms with Gasteiger partial charge in [-0.3, -0.25) is 0 Å². The summed E-state index contributed by atoms with van der Waals surface area (Å²) in [5.41, 5.74) is 0.969. The van der Waals surface area contributed by atoms with Gasteiger partial charge < -0.3 is 5.11 Å². The van der Waals surface area contributed by atoms with Gasteiger partial charge in [0.15, 0.2) is 0 Å². The van der Waals surface area contributed by atoms with E-state index in [0.717, 1.165) is 18.4 Å². The van der Waals surface area contributed by atoms with Crippen molar-refractivity contribution in [3.05, 3.63) is 35.9 Å². The predicted octanol–water partition coefficient (Wildman–Crippen LogP) is 2.77. The summed E-state index contributed by atoms with van der Waals surface area (Å²) in [5.74, 6) is 2.81. The second-order valence-electron chi connectivity index (χ2n) is 3.58. The third kappa shape index (κ3) is 2.90. The van der Waals surface area contributed by atoms with Crippen molar-refractivity contribution in [3.8, 4) is 12.3 Å². The Morgan fingerprint density at radius 3 is 2.57 bits per heavy atom. The lowest BCUT2D eigenvalue weighted by Crippen LogP contribution is -2.08. The van der Waals surface area contributed by atoms with Crippen molar-refractivity contribution in [2.24, 2.45) is 5.92 Å². The van der Waals surface area contributed by atoms with Crippen LogP contribution in [0.5, 0.6) is 0 Å². The Labute approximate surface area is 85.8 Å². The smallest absolute Gasteiger partial charge is 0.0815 e. The predicted molar refractivity (Wildman–Crippen MR) is 58.6 cm³/mol. The number of terminal acetylenes is 1. The van der Waals surface area contributed by atoms with Gasteiger partial charge in [0, 0.05) is 6.42 Å². The van der Waals surface area contributed by atoms with E-state index in [1.807, 2.05) is 37.3 Å². The molecule has 0 saturated carbocycles. The zero-order valence-corrected chi connectivity index (χ0v) is 8.48. The molecule has 0 spiro atoms. The van der Waals surface area contributed by atoms with Gasteiger partial charge in [-0.25, -0.2) is 0 Å². The Morgan fingerprint density at radius 1 is 1.36 bits per heavy atom. The minimum absolute atomic E-state index is 0.216. The van der Waals surface area contributed by atoms with Crippen molar-refractivity contribution in [2.45, 2.75) is 25.9 Å². The van der Waals surface area contributed by atoms with E-state index < -0.39 is 6.10 Å². The fourth-order valence-electron chi connectivity index (χ4n) is 1.45. The summed E-state index contributed by atoms with van der Waals surface area (Å²) in [7, 11) is 0. The molecule has 0 saturated heterocycles. The first-order valence-corrected chi connectivity index (χ1v) is 4.92. The number of benzene rings is 1. The van der Waals surface area contributed by atoms with Crippen LogP contribution in [-0.4, -0.2) is 5.11 Å². The summed E-state index contributed by atoms with van der Waals surface area (Å²) in [5, 5.41) is 9.95. The topological polar surface area (TPSA) is 20.2 Å². The molecule has 0 aliphatic carbocycles. The standard InChI is InChI=1S/C13H16O/c1-3-4-8-11(2)13(14)12-9-6-5-7-10-12/h1,5-7,9-11,13-14H,4,8H2,2H3. The summed E-state index contributed by atoms with van der Waals surface area (Å²) in [4.78, 5) is 0. The van der Waals surface area contributed by atoms with E-state index in [2.05, 4.69) is 5.92 Å². The molecule has 14 heavy (non-hydrogen) atoms. The zero-order valence-electron chi connectivity index (χ0n) is 8.48. The van der Waals surface area contributed by atoms with E-state index in [0.29, 0.717) is 0 Å². The Hall–Kier alpha value is -1.26. The summed E-state index contributed by atoms with van der Waals surface area (Å²) in [6.07, 6.45) is 6.38. The highest BCUT2D eigenvalue weighted by Gasteiger charge is 2.14. The van der Waals surface area contributed by atoms with E-state index in [4.69, 9.17) is 6.42 Å². The van der Waals surface area contributed by atoms with Crippen molar-refractivity contribution >= 4 is 0 Å². The Kier molecular flexibility index (Phi) is 4.22. The first-order valence-electron chi connectivity index (χ1n) is 4.92. The quantitative estimate of drug-likeness (QED) is 0.720. The van der Waals surface area contributed by atoms with Crippen LogP contribution in [0.3, 0.4) is 0 Å². The molecule has 1 nitrogen and oxygen atoms in total. The Balaban J connectivity index is 2.57. The molecular weight excluding hydrogens is 172 g/mol. The minimum Gasteiger partial charge on any atom is -0.388 e. The summed E-state index contributed by atoms with van der Waals surface area (Å²) < 4.78 is 0. The molecule has 74 valence electrons. The first-order chi connectivity index (χ1) is 6.75. The number of aliphatic hydroxyl groups excluding tert-OH is 1. The molecule has 1 N–H and O–H groups in total. The lowest BCUT2D eigenvalue weighted by atomic mass is 9.93. The minimum atomic E-state index is -0.399. The Morgan fingerprint density at radius 2 is 2.00 bits per heavy atom. The molecular formula is C13H16O. The van der Waals surface area contributed by atoms with Crippen LogP contribution in [0.4, 0.5) is 0 Å². The van der Waals surface area contributed by atoms with Crippen LogP contribution in [0.25, 0.3) is 0 Å². The van der Waals surface area contributed by atoms with E-state index in [1.54, 1.807) is 0 Å². The lowest BCUT2D eigenvalue weighted by molar-refractivity contribution is 0.113. The average molecular weight is 188 g/mol. The van der Waals surface area contributed by atoms with Crippen LogP contribution in [-0.2, 0) is 0 Å². The number of rotatable bonds is 4. The van der Waals surface area contributed by atoms with Gasteiger partial charge >= 0.3 is 0 Å². The number of aliphatic hydroxyl groups is 1. The van der Waals surface area contributed by atoms with Gasteiger partial charge in [0.2, 0.25) is 0 Å². The maximum atomic E-state index is 9.95. The highest BCUT2D eigenvalue weighted by Crippen LogP contribution is 2.24. The molecule has 0 aromatic heterocycles. The summed E-state index contributed by atoms with van der Waals surface area (Å²) in [6, 6.07) is 9.70. The first kappa shape index (κ1) is 10.8. The van der Waals surface area contributed by atoms with Crippen molar-refractivity contribution in [1.82, 2.24) is 0 Å². The fraction of sp³-hybridized carbons (Fsp3) is 0.385. The zero-order chi connectivity index (χ0) is 10.4. The molecule has 0 aliphatic heterocycles. The third-order valence-electron chi connectivity index (χ3n) is 2.42. The lowest BCUT2D eigenvalue weighted by Gasteiger charge is -2.17. The maximum Gasteiger partial charge on any atom is 0.0815 e. The van der Waals surface area contributed by atoms with E-state index in [1.165, 1.54) is 0 Å². The fourth-order valence-corrected chi connectivity index (χ4v) is 1.45. The van der Waals surface area contributed by atoms with Crippen LogP contribution >= 0.6 is 0 Å². The average Bonchev–Trinajstić information content (AvgIpc) is 2.26. The van der Waals surface area contributed by atoms with Gasteiger partial charge in [-0.15, -0.1) is 12.3 Å². The molecule has 2 unspecified atom stereocenters. The molecule has 0 fully saturated rings. The van der Waals surface area contributed by atoms with Crippen LogP contribution in [0, 0.1) is 18.3 Å². The van der Waals surface area contributed by atoms with Gasteiger partial charge in [-0.2, -0.15) is 0 Å². The molecule has 1 rings (SSSR count).